The van der Waals surface area contributed by atoms with Gasteiger partial charge in [0.25, 0.3) is 0 Å². The Morgan fingerprint density at radius 1 is 1.43 bits per heavy atom. The second-order valence-corrected chi connectivity index (χ2v) is 5.20. The Bertz CT molecular complexity index is 287. The first-order valence-corrected chi connectivity index (χ1v) is 5.79. The molecule has 0 spiro atoms. The van der Waals surface area contributed by atoms with Crippen LogP contribution in [-0.4, -0.2) is 10.5 Å². The van der Waals surface area contributed by atoms with E-state index >= 15 is 0 Å². The molecule has 0 bridgehead atoms. The molecule has 0 aromatic heterocycles. The maximum Gasteiger partial charge on any atom is 0.113 e. The van der Waals surface area contributed by atoms with Crippen LogP contribution in [0, 0.1) is 17.8 Å². The summed E-state index contributed by atoms with van der Waals surface area (Å²) in [5.41, 5.74) is 1.33. The molecule has 2 aliphatic rings. The lowest BCUT2D eigenvalue weighted by Crippen LogP contribution is -2.24. The quantitative estimate of drug-likeness (QED) is 0.693. The first-order valence-electron chi connectivity index (χ1n) is 5.36. The molecule has 1 saturated carbocycles. The molecule has 2 rings (SSSR count). The van der Waals surface area contributed by atoms with Crippen molar-refractivity contribution in [1.82, 2.24) is 0 Å². The van der Waals surface area contributed by atoms with Crippen LogP contribution in [0.15, 0.2) is 23.5 Å². The summed E-state index contributed by atoms with van der Waals surface area (Å²) in [7, 11) is 0. The van der Waals surface area contributed by atoms with E-state index in [2.05, 4.69) is 13.8 Å². The topological polar surface area (TPSA) is 20.2 Å². The zero-order valence-corrected chi connectivity index (χ0v) is 9.46. The third-order valence-electron chi connectivity index (χ3n) is 3.17. The molecule has 0 radical (unpaired) electrons. The Hall–Kier alpha value is -0.430. The summed E-state index contributed by atoms with van der Waals surface area (Å²) in [6, 6.07) is 0. The molecule has 0 amide bonds. The highest BCUT2D eigenvalue weighted by Gasteiger charge is 2.39. The highest BCUT2D eigenvalue weighted by molar-refractivity contribution is 6.22. The van der Waals surface area contributed by atoms with Gasteiger partial charge in [0.15, 0.2) is 0 Å². The Morgan fingerprint density at radius 3 is 2.57 bits per heavy atom. The van der Waals surface area contributed by atoms with E-state index in [-0.39, 0.29) is 5.38 Å². The van der Waals surface area contributed by atoms with E-state index in [9.17, 15) is 5.11 Å². The van der Waals surface area contributed by atoms with Crippen molar-refractivity contribution in [3.05, 3.63) is 23.5 Å². The summed E-state index contributed by atoms with van der Waals surface area (Å²) < 4.78 is 0. The molecule has 2 heteroatoms. The second-order valence-electron chi connectivity index (χ2n) is 4.70. The third-order valence-corrected chi connectivity index (χ3v) is 3.57. The van der Waals surface area contributed by atoms with Gasteiger partial charge in [0, 0.05) is 5.92 Å². The predicted octanol–water partition coefficient (Wildman–Crippen LogP) is 3.66. The number of allylic oxidation sites excluding steroid dienone is 3. The van der Waals surface area contributed by atoms with Crippen molar-refractivity contribution in [3.63, 3.8) is 0 Å². The number of alkyl halides is 1. The van der Waals surface area contributed by atoms with Crippen molar-refractivity contribution >= 4 is 11.6 Å². The van der Waals surface area contributed by atoms with Crippen LogP contribution in [0.3, 0.4) is 0 Å². The van der Waals surface area contributed by atoms with Gasteiger partial charge in [-0.25, -0.2) is 0 Å². The lowest BCUT2D eigenvalue weighted by molar-refractivity contribution is 0.402. The van der Waals surface area contributed by atoms with E-state index in [0.29, 0.717) is 17.6 Å². The van der Waals surface area contributed by atoms with Gasteiger partial charge in [0.05, 0.1) is 5.38 Å². The molecule has 78 valence electrons. The number of halogens is 1. The Kier molecular flexibility index (Phi) is 2.61. The fraction of sp³-hybridized carbons (Fsp3) is 0.667. The Labute approximate surface area is 90.5 Å². The number of aliphatic hydroxyl groups excluding tert-OH is 1. The molecule has 1 fully saturated rings. The molecule has 1 nitrogen and oxygen atoms in total. The molecular formula is C12H17ClO. The van der Waals surface area contributed by atoms with E-state index < -0.39 is 0 Å². The van der Waals surface area contributed by atoms with Crippen molar-refractivity contribution in [2.24, 2.45) is 17.8 Å². The lowest BCUT2D eigenvalue weighted by Gasteiger charge is -2.29. The lowest BCUT2D eigenvalue weighted by atomic mass is 9.81. The molecule has 14 heavy (non-hydrogen) atoms. The number of hydrogen-bond donors (Lipinski definition) is 1. The summed E-state index contributed by atoms with van der Waals surface area (Å²) in [5, 5.41) is 9.51. The van der Waals surface area contributed by atoms with Gasteiger partial charge in [0.2, 0.25) is 0 Å². The molecule has 0 aromatic rings. The van der Waals surface area contributed by atoms with Gasteiger partial charge in [0.1, 0.15) is 5.76 Å². The van der Waals surface area contributed by atoms with Crippen LogP contribution < -0.4 is 0 Å². The van der Waals surface area contributed by atoms with Crippen molar-refractivity contribution in [1.29, 1.82) is 0 Å². The van der Waals surface area contributed by atoms with Crippen molar-refractivity contribution in [3.8, 4) is 0 Å². The van der Waals surface area contributed by atoms with Crippen molar-refractivity contribution in [2.75, 3.05) is 0 Å². The average Bonchev–Trinajstić information content (AvgIpc) is 2.85. The van der Waals surface area contributed by atoms with Gasteiger partial charge >= 0.3 is 0 Å². The van der Waals surface area contributed by atoms with Gasteiger partial charge in [-0.3, -0.25) is 0 Å². The second kappa shape index (κ2) is 3.62. The zero-order valence-electron chi connectivity index (χ0n) is 8.70. The van der Waals surface area contributed by atoms with Gasteiger partial charge in [-0.1, -0.05) is 19.4 Å². The van der Waals surface area contributed by atoms with Gasteiger partial charge < -0.3 is 5.11 Å². The van der Waals surface area contributed by atoms with Gasteiger partial charge in [-0.15, -0.1) is 11.6 Å². The standard InChI is InChI=1S/C12H17ClO/c1-7(2)10-5-9(14)6-11(13)12(10)8-3-4-8/h5-8,11-12,14H,3-4H2,1-2H3. The van der Waals surface area contributed by atoms with Crippen LogP contribution in [0.2, 0.25) is 0 Å². The fourth-order valence-corrected chi connectivity index (χ4v) is 2.79. The minimum atomic E-state index is -0.00935. The van der Waals surface area contributed by atoms with E-state index in [1.54, 1.807) is 6.08 Å². The minimum Gasteiger partial charge on any atom is -0.508 e. The molecule has 1 N–H and O–H groups in total. The molecule has 2 atom stereocenters. The number of aliphatic hydroxyl groups is 1. The van der Waals surface area contributed by atoms with Crippen LogP contribution in [0.1, 0.15) is 26.7 Å². The van der Waals surface area contributed by atoms with Crippen LogP contribution in [0.5, 0.6) is 0 Å². The first kappa shape index (κ1) is 10.1. The smallest absolute Gasteiger partial charge is 0.113 e. The Balaban J connectivity index is 2.26. The van der Waals surface area contributed by atoms with Crippen LogP contribution >= 0.6 is 11.6 Å². The predicted molar refractivity (Wildman–Crippen MR) is 59.5 cm³/mol. The normalized spacial score (nSPS) is 32.9. The highest BCUT2D eigenvalue weighted by Crippen LogP contribution is 2.47. The van der Waals surface area contributed by atoms with Crippen LogP contribution in [-0.2, 0) is 0 Å². The largest absolute Gasteiger partial charge is 0.508 e. The van der Waals surface area contributed by atoms with E-state index in [0.717, 1.165) is 5.92 Å². The number of hydrogen-bond acceptors (Lipinski definition) is 1. The Morgan fingerprint density at radius 2 is 2.07 bits per heavy atom. The maximum atomic E-state index is 9.52. The monoisotopic (exact) mass is 212 g/mol. The first-order chi connectivity index (χ1) is 6.59. The van der Waals surface area contributed by atoms with Crippen LogP contribution in [0.4, 0.5) is 0 Å². The minimum absolute atomic E-state index is 0.00935. The zero-order chi connectivity index (χ0) is 10.3. The summed E-state index contributed by atoms with van der Waals surface area (Å²) >= 11 is 6.27. The maximum absolute atomic E-state index is 9.52. The van der Waals surface area contributed by atoms with Crippen molar-refractivity contribution in [2.45, 2.75) is 32.1 Å². The summed E-state index contributed by atoms with van der Waals surface area (Å²) in [6.45, 7) is 4.34. The molecule has 0 heterocycles. The van der Waals surface area contributed by atoms with Crippen molar-refractivity contribution < 1.29 is 5.11 Å². The molecular weight excluding hydrogens is 196 g/mol. The van der Waals surface area contributed by atoms with E-state index in [1.807, 2.05) is 6.08 Å². The average molecular weight is 213 g/mol. The summed E-state index contributed by atoms with van der Waals surface area (Å²) in [6.07, 6.45) is 6.28. The molecule has 0 saturated heterocycles. The molecule has 0 aromatic carbocycles. The molecule has 0 aliphatic heterocycles. The molecule has 2 aliphatic carbocycles. The highest BCUT2D eigenvalue weighted by atomic mass is 35.5. The fourth-order valence-electron chi connectivity index (χ4n) is 2.30. The SMILES string of the molecule is CC(C)C1=CC(O)=CC(Cl)C1C1CC1. The third kappa shape index (κ3) is 1.83. The van der Waals surface area contributed by atoms with E-state index in [1.165, 1.54) is 18.4 Å². The van der Waals surface area contributed by atoms with Crippen LogP contribution in [0.25, 0.3) is 0 Å². The molecule has 2 unspecified atom stereocenters. The summed E-state index contributed by atoms with van der Waals surface area (Å²) in [5.74, 6) is 2.05. The van der Waals surface area contributed by atoms with Gasteiger partial charge in [-0.05, 0) is 36.8 Å². The summed E-state index contributed by atoms with van der Waals surface area (Å²) in [4.78, 5) is 0. The van der Waals surface area contributed by atoms with E-state index in [4.69, 9.17) is 11.6 Å². The van der Waals surface area contributed by atoms with Gasteiger partial charge in [-0.2, -0.15) is 0 Å². The number of rotatable bonds is 2.